The monoisotopic (exact) mass is 315 g/mol. The van der Waals surface area contributed by atoms with Gasteiger partial charge in [0.25, 0.3) is 0 Å². The Morgan fingerprint density at radius 3 is 2.56 bits per heavy atom. The summed E-state index contributed by atoms with van der Waals surface area (Å²) in [5, 5.41) is 5.45. The van der Waals surface area contributed by atoms with Crippen LogP contribution < -0.4 is 4.90 Å². The predicted octanol–water partition coefficient (Wildman–Crippen LogP) is 4.03. The molecule has 0 saturated heterocycles. The highest BCUT2D eigenvalue weighted by molar-refractivity contribution is 9.08. The fourth-order valence-corrected chi connectivity index (χ4v) is 2.95. The zero-order valence-corrected chi connectivity index (χ0v) is 13.9. The van der Waals surface area contributed by atoms with Crippen LogP contribution in [0.5, 0.6) is 0 Å². The van der Waals surface area contributed by atoms with Crippen LogP contribution in [0.3, 0.4) is 0 Å². The van der Waals surface area contributed by atoms with Gasteiger partial charge in [-0.05, 0) is 26.7 Å². The summed E-state index contributed by atoms with van der Waals surface area (Å²) in [6.07, 6.45) is 3.62. The van der Waals surface area contributed by atoms with Gasteiger partial charge in [0.15, 0.2) is 0 Å². The standard InChI is InChI=1S/C14H26BrN3/c1-6-8-9-18(11(3)7-2)14-13(10-15)12(4)16-17(14)5/h11H,6-10H2,1-5H3. The van der Waals surface area contributed by atoms with E-state index in [1.807, 2.05) is 4.68 Å². The number of aryl methyl sites for hydroxylation is 2. The van der Waals surface area contributed by atoms with Gasteiger partial charge in [0.2, 0.25) is 0 Å². The summed E-state index contributed by atoms with van der Waals surface area (Å²) < 4.78 is 2.04. The third-order valence-corrected chi connectivity index (χ3v) is 4.16. The first-order valence-corrected chi connectivity index (χ1v) is 8.03. The summed E-state index contributed by atoms with van der Waals surface area (Å²) >= 11 is 3.60. The SMILES string of the molecule is CCCCN(c1c(CBr)c(C)nn1C)C(C)CC. The lowest BCUT2D eigenvalue weighted by molar-refractivity contribution is 0.571. The number of hydrogen-bond donors (Lipinski definition) is 0. The maximum atomic E-state index is 4.57. The van der Waals surface area contributed by atoms with Gasteiger partial charge in [-0.3, -0.25) is 4.68 Å². The van der Waals surface area contributed by atoms with Crippen molar-refractivity contribution in [2.75, 3.05) is 11.4 Å². The molecule has 0 aliphatic carbocycles. The lowest BCUT2D eigenvalue weighted by Crippen LogP contribution is -2.35. The highest BCUT2D eigenvalue weighted by Gasteiger charge is 2.21. The zero-order chi connectivity index (χ0) is 13.7. The largest absolute Gasteiger partial charge is 0.354 e. The van der Waals surface area contributed by atoms with Crippen LogP contribution in [-0.2, 0) is 12.4 Å². The van der Waals surface area contributed by atoms with Crippen molar-refractivity contribution in [2.45, 2.75) is 58.3 Å². The molecule has 0 spiro atoms. The summed E-state index contributed by atoms with van der Waals surface area (Å²) in [7, 11) is 2.05. The van der Waals surface area contributed by atoms with Gasteiger partial charge in [0.1, 0.15) is 5.82 Å². The van der Waals surface area contributed by atoms with E-state index in [4.69, 9.17) is 0 Å². The van der Waals surface area contributed by atoms with Crippen molar-refractivity contribution < 1.29 is 0 Å². The molecular formula is C14H26BrN3. The van der Waals surface area contributed by atoms with E-state index in [0.29, 0.717) is 6.04 Å². The molecule has 0 amide bonds. The van der Waals surface area contributed by atoms with Crippen molar-refractivity contribution >= 4 is 21.7 Å². The molecule has 18 heavy (non-hydrogen) atoms. The van der Waals surface area contributed by atoms with Gasteiger partial charge in [-0.1, -0.05) is 36.2 Å². The number of nitrogens with zero attached hydrogens (tertiary/aromatic N) is 3. The number of aromatic nitrogens is 2. The third-order valence-electron chi connectivity index (χ3n) is 3.59. The molecule has 1 unspecified atom stereocenters. The van der Waals surface area contributed by atoms with Crippen LogP contribution in [0.2, 0.25) is 0 Å². The highest BCUT2D eigenvalue weighted by atomic mass is 79.9. The van der Waals surface area contributed by atoms with E-state index >= 15 is 0 Å². The molecule has 3 nitrogen and oxygen atoms in total. The molecule has 104 valence electrons. The second-order valence-corrected chi connectivity index (χ2v) is 5.51. The highest BCUT2D eigenvalue weighted by Crippen LogP contribution is 2.28. The Morgan fingerprint density at radius 1 is 1.39 bits per heavy atom. The quantitative estimate of drug-likeness (QED) is 0.708. The van der Waals surface area contributed by atoms with Gasteiger partial charge in [-0.25, -0.2) is 0 Å². The van der Waals surface area contributed by atoms with Crippen molar-refractivity contribution in [3.05, 3.63) is 11.3 Å². The van der Waals surface area contributed by atoms with Gasteiger partial charge in [-0.2, -0.15) is 5.10 Å². The van der Waals surface area contributed by atoms with E-state index in [-0.39, 0.29) is 0 Å². The number of anilines is 1. The molecule has 1 heterocycles. The molecule has 1 aromatic rings. The summed E-state index contributed by atoms with van der Waals surface area (Å²) in [6, 6.07) is 0.559. The normalized spacial score (nSPS) is 12.8. The lowest BCUT2D eigenvalue weighted by Gasteiger charge is -2.31. The predicted molar refractivity (Wildman–Crippen MR) is 82.6 cm³/mol. The number of unbranched alkanes of at least 4 members (excludes halogenated alkanes) is 1. The summed E-state index contributed by atoms with van der Waals surface area (Å²) in [4.78, 5) is 2.51. The van der Waals surface area contributed by atoms with E-state index in [9.17, 15) is 0 Å². The van der Waals surface area contributed by atoms with Gasteiger partial charge < -0.3 is 4.90 Å². The first kappa shape index (κ1) is 15.5. The Hall–Kier alpha value is -0.510. The van der Waals surface area contributed by atoms with E-state index in [1.54, 1.807) is 0 Å². The van der Waals surface area contributed by atoms with Crippen molar-refractivity contribution in [2.24, 2.45) is 7.05 Å². The van der Waals surface area contributed by atoms with Crippen LogP contribution in [0, 0.1) is 6.92 Å². The minimum absolute atomic E-state index is 0.559. The van der Waals surface area contributed by atoms with Crippen LogP contribution in [0.25, 0.3) is 0 Å². The zero-order valence-electron chi connectivity index (χ0n) is 12.3. The smallest absolute Gasteiger partial charge is 0.131 e. The Labute approximate surface area is 120 Å². The molecule has 0 bridgehead atoms. The summed E-state index contributed by atoms with van der Waals surface area (Å²) in [5.41, 5.74) is 2.46. The summed E-state index contributed by atoms with van der Waals surface area (Å²) in [5.74, 6) is 1.28. The minimum Gasteiger partial charge on any atom is -0.354 e. The lowest BCUT2D eigenvalue weighted by atomic mass is 10.1. The fraction of sp³-hybridized carbons (Fsp3) is 0.786. The van der Waals surface area contributed by atoms with Crippen LogP contribution >= 0.6 is 15.9 Å². The van der Waals surface area contributed by atoms with E-state index in [1.165, 1.54) is 24.2 Å². The van der Waals surface area contributed by atoms with Crippen LogP contribution in [-0.4, -0.2) is 22.4 Å². The van der Waals surface area contributed by atoms with Crippen molar-refractivity contribution in [1.29, 1.82) is 0 Å². The van der Waals surface area contributed by atoms with Crippen LogP contribution in [0.15, 0.2) is 0 Å². The topological polar surface area (TPSA) is 21.1 Å². The number of halogens is 1. The maximum Gasteiger partial charge on any atom is 0.131 e. The molecule has 4 heteroatoms. The molecule has 0 radical (unpaired) electrons. The molecule has 1 rings (SSSR count). The van der Waals surface area contributed by atoms with Crippen LogP contribution in [0.1, 0.15) is 51.3 Å². The number of hydrogen-bond acceptors (Lipinski definition) is 2. The molecule has 0 fully saturated rings. The molecule has 0 aliphatic rings. The van der Waals surface area contributed by atoms with E-state index in [0.717, 1.165) is 24.0 Å². The molecule has 0 saturated carbocycles. The first-order valence-electron chi connectivity index (χ1n) is 6.91. The minimum atomic E-state index is 0.559. The second-order valence-electron chi connectivity index (χ2n) is 4.95. The van der Waals surface area contributed by atoms with Gasteiger partial charge >= 0.3 is 0 Å². The third kappa shape index (κ3) is 3.28. The van der Waals surface area contributed by atoms with Gasteiger partial charge in [-0.15, -0.1) is 0 Å². The maximum absolute atomic E-state index is 4.57. The number of alkyl halides is 1. The Morgan fingerprint density at radius 2 is 2.06 bits per heavy atom. The van der Waals surface area contributed by atoms with Crippen molar-refractivity contribution in [1.82, 2.24) is 9.78 Å². The molecule has 0 N–H and O–H groups in total. The molecule has 0 aromatic carbocycles. The molecule has 0 aliphatic heterocycles. The summed E-state index contributed by atoms with van der Waals surface area (Å²) in [6.45, 7) is 10.0. The Kier molecular flexibility index (Phi) is 6.19. The molecule has 1 atom stereocenters. The van der Waals surface area contributed by atoms with E-state index < -0.39 is 0 Å². The average Bonchev–Trinajstić information content (AvgIpc) is 2.64. The fourth-order valence-electron chi connectivity index (χ4n) is 2.29. The first-order chi connectivity index (χ1) is 8.56. The second kappa shape index (κ2) is 7.17. The Bertz CT molecular complexity index is 373. The molecular weight excluding hydrogens is 290 g/mol. The average molecular weight is 316 g/mol. The van der Waals surface area contributed by atoms with Crippen molar-refractivity contribution in [3.8, 4) is 0 Å². The van der Waals surface area contributed by atoms with Crippen LogP contribution in [0.4, 0.5) is 5.82 Å². The Balaban J connectivity index is 3.11. The number of rotatable bonds is 7. The van der Waals surface area contributed by atoms with E-state index in [2.05, 4.69) is 60.7 Å². The molecule has 1 aromatic heterocycles. The van der Waals surface area contributed by atoms with Gasteiger partial charge in [0.05, 0.1) is 5.69 Å². The van der Waals surface area contributed by atoms with Crippen molar-refractivity contribution in [3.63, 3.8) is 0 Å². The van der Waals surface area contributed by atoms with Gasteiger partial charge in [0, 0.05) is 30.5 Å².